The topological polar surface area (TPSA) is 130 Å². The Labute approximate surface area is 100 Å². The number of nitrogens with zero attached hydrogens (tertiary/aromatic N) is 1. The van der Waals surface area contributed by atoms with Crippen LogP contribution in [-0.2, 0) is 14.8 Å². The maximum atomic E-state index is 13.5. The van der Waals surface area contributed by atoms with Crippen molar-refractivity contribution in [1.82, 2.24) is 0 Å². The molecule has 0 heterocycles. The number of carbonyl (C=O) groups excluding carboxylic acids is 1. The molecule has 0 fully saturated rings. The van der Waals surface area contributed by atoms with Gasteiger partial charge in [-0.1, -0.05) is 0 Å². The van der Waals surface area contributed by atoms with Gasteiger partial charge >= 0.3 is 11.7 Å². The van der Waals surface area contributed by atoms with Crippen molar-refractivity contribution >= 4 is 21.7 Å². The second-order valence-corrected chi connectivity index (χ2v) is 4.63. The van der Waals surface area contributed by atoms with E-state index in [0.29, 0.717) is 12.1 Å². The number of hydrogen-bond acceptors (Lipinski definition) is 6. The van der Waals surface area contributed by atoms with Gasteiger partial charge in [-0.2, -0.15) is 4.39 Å². The predicted molar refractivity (Wildman–Crippen MR) is 55.8 cm³/mol. The van der Waals surface area contributed by atoms with E-state index >= 15 is 0 Å². The Morgan fingerprint density at radius 3 is 2.44 bits per heavy atom. The SMILES string of the molecule is COC(=O)c1cc([N+](=O)[O-])c(F)c(S(N)(=O)=O)c1. The van der Waals surface area contributed by atoms with Crippen LogP contribution in [0, 0.1) is 15.9 Å². The Bertz CT molecular complexity index is 627. The lowest BCUT2D eigenvalue weighted by molar-refractivity contribution is -0.387. The van der Waals surface area contributed by atoms with Crippen LogP contribution in [0.25, 0.3) is 0 Å². The quantitative estimate of drug-likeness (QED) is 0.476. The number of carbonyl (C=O) groups is 1. The van der Waals surface area contributed by atoms with Crippen molar-refractivity contribution in [2.75, 3.05) is 7.11 Å². The van der Waals surface area contributed by atoms with Gasteiger partial charge in [-0.3, -0.25) is 10.1 Å². The van der Waals surface area contributed by atoms with Crippen LogP contribution < -0.4 is 5.14 Å². The maximum absolute atomic E-state index is 13.5. The van der Waals surface area contributed by atoms with E-state index in [-0.39, 0.29) is 0 Å². The number of halogens is 1. The van der Waals surface area contributed by atoms with Crippen LogP contribution in [0.15, 0.2) is 17.0 Å². The lowest BCUT2D eigenvalue weighted by Crippen LogP contribution is -2.16. The highest BCUT2D eigenvalue weighted by molar-refractivity contribution is 7.89. The van der Waals surface area contributed by atoms with E-state index in [0.717, 1.165) is 7.11 Å². The van der Waals surface area contributed by atoms with E-state index in [2.05, 4.69) is 4.74 Å². The normalized spacial score (nSPS) is 11.1. The standard InChI is InChI=1S/C8H7FN2O6S/c1-17-8(12)4-2-5(11(13)14)7(9)6(3-4)18(10,15)16/h2-3H,1H3,(H2,10,15,16). The fourth-order valence-corrected chi connectivity index (χ4v) is 1.80. The van der Waals surface area contributed by atoms with Crippen molar-refractivity contribution in [1.29, 1.82) is 0 Å². The molecule has 0 saturated heterocycles. The molecule has 18 heavy (non-hydrogen) atoms. The summed E-state index contributed by atoms with van der Waals surface area (Å²) in [6.07, 6.45) is 0. The molecule has 0 aromatic heterocycles. The molecule has 8 nitrogen and oxygen atoms in total. The minimum atomic E-state index is -4.54. The van der Waals surface area contributed by atoms with Crippen molar-refractivity contribution in [2.24, 2.45) is 5.14 Å². The average Bonchev–Trinajstić information content (AvgIpc) is 2.26. The number of rotatable bonds is 3. The van der Waals surface area contributed by atoms with Gasteiger partial charge in [-0.25, -0.2) is 18.4 Å². The van der Waals surface area contributed by atoms with Gasteiger partial charge in [0.1, 0.15) is 4.90 Å². The molecular weight excluding hydrogens is 271 g/mol. The number of esters is 1. The Morgan fingerprint density at radius 2 is 2.06 bits per heavy atom. The first-order valence-corrected chi connectivity index (χ1v) is 5.82. The van der Waals surface area contributed by atoms with Crippen LogP contribution in [-0.4, -0.2) is 26.4 Å². The van der Waals surface area contributed by atoms with Crippen LogP contribution in [0.3, 0.4) is 0 Å². The summed E-state index contributed by atoms with van der Waals surface area (Å²) in [4.78, 5) is 19.4. The van der Waals surface area contributed by atoms with Crippen molar-refractivity contribution in [3.63, 3.8) is 0 Å². The molecule has 98 valence electrons. The molecule has 0 amide bonds. The number of nitro groups is 1. The molecule has 1 aromatic carbocycles. The number of methoxy groups -OCH3 is 1. The zero-order valence-corrected chi connectivity index (χ0v) is 9.73. The Balaban J connectivity index is 3.68. The fraction of sp³-hybridized carbons (Fsp3) is 0.125. The minimum Gasteiger partial charge on any atom is -0.465 e. The van der Waals surface area contributed by atoms with E-state index < -0.39 is 42.9 Å². The van der Waals surface area contributed by atoms with Crippen molar-refractivity contribution in [3.8, 4) is 0 Å². The third kappa shape index (κ3) is 2.60. The summed E-state index contributed by atoms with van der Waals surface area (Å²) in [6.45, 7) is 0. The van der Waals surface area contributed by atoms with Crippen LogP contribution in [0.2, 0.25) is 0 Å². The van der Waals surface area contributed by atoms with E-state index in [4.69, 9.17) is 5.14 Å². The molecule has 0 spiro atoms. The molecule has 0 atom stereocenters. The highest BCUT2D eigenvalue weighted by Gasteiger charge is 2.27. The molecular formula is C8H7FN2O6S. The summed E-state index contributed by atoms with van der Waals surface area (Å²) in [6, 6.07) is 1.14. The smallest absolute Gasteiger partial charge is 0.338 e. The van der Waals surface area contributed by atoms with Crippen LogP contribution in [0.5, 0.6) is 0 Å². The molecule has 0 aliphatic rings. The number of primary sulfonamides is 1. The number of ether oxygens (including phenoxy) is 1. The molecule has 0 saturated carbocycles. The highest BCUT2D eigenvalue weighted by Crippen LogP contribution is 2.25. The number of hydrogen-bond donors (Lipinski definition) is 1. The zero-order valence-electron chi connectivity index (χ0n) is 8.91. The van der Waals surface area contributed by atoms with Gasteiger partial charge in [-0.05, 0) is 6.07 Å². The van der Waals surface area contributed by atoms with Gasteiger partial charge in [0.2, 0.25) is 15.8 Å². The molecule has 0 aliphatic carbocycles. The van der Waals surface area contributed by atoms with Crippen LogP contribution in [0.4, 0.5) is 10.1 Å². The predicted octanol–water partition coefficient (Wildman–Crippen LogP) is 0.168. The number of nitro benzene ring substituents is 1. The third-order valence-corrected chi connectivity index (χ3v) is 2.85. The number of benzene rings is 1. The van der Waals surface area contributed by atoms with Gasteiger partial charge in [0.25, 0.3) is 0 Å². The third-order valence-electron chi connectivity index (χ3n) is 1.94. The molecule has 1 aromatic rings. The van der Waals surface area contributed by atoms with E-state index in [1.54, 1.807) is 0 Å². The van der Waals surface area contributed by atoms with Crippen molar-refractivity contribution in [2.45, 2.75) is 4.90 Å². The van der Waals surface area contributed by atoms with Crippen LogP contribution >= 0.6 is 0 Å². The van der Waals surface area contributed by atoms with E-state index in [9.17, 15) is 27.7 Å². The van der Waals surface area contributed by atoms with Crippen molar-refractivity contribution < 1.29 is 27.3 Å². The first kappa shape index (κ1) is 14.0. The summed E-state index contributed by atoms with van der Waals surface area (Å²) in [7, 11) is -3.56. The van der Waals surface area contributed by atoms with Crippen molar-refractivity contribution in [3.05, 3.63) is 33.6 Å². The number of nitrogens with two attached hydrogens (primary N) is 1. The van der Waals surface area contributed by atoms with Gasteiger partial charge in [0.05, 0.1) is 17.6 Å². The van der Waals surface area contributed by atoms with Gasteiger partial charge in [0, 0.05) is 6.07 Å². The largest absolute Gasteiger partial charge is 0.465 e. The molecule has 2 N–H and O–H groups in total. The molecule has 0 aliphatic heterocycles. The summed E-state index contributed by atoms with van der Waals surface area (Å²) >= 11 is 0. The lowest BCUT2D eigenvalue weighted by atomic mass is 10.2. The Kier molecular flexibility index (Phi) is 3.62. The lowest BCUT2D eigenvalue weighted by Gasteiger charge is -2.04. The minimum absolute atomic E-state index is 0.491. The highest BCUT2D eigenvalue weighted by atomic mass is 32.2. The second kappa shape index (κ2) is 4.66. The Morgan fingerprint density at radius 1 is 1.50 bits per heavy atom. The van der Waals surface area contributed by atoms with Crippen LogP contribution in [0.1, 0.15) is 10.4 Å². The zero-order chi connectivity index (χ0) is 14.1. The molecule has 0 unspecified atom stereocenters. The van der Waals surface area contributed by atoms with Gasteiger partial charge < -0.3 is 4.74 Å². The monoisotopic (exact) mass is 278 g/mol. The first-order valence-electron chi connectivity index (χ1n) is 4.27. The van der Waals surface area contributed by atoms with E-state index in [1.807, 2.05) is 0 Å². The Hall–Kier alpha value is -2.07. The first-order chi connectivity index (χ1) is 8.18. The summed E-state index contributed by atoms with van der Waals surface area (Å²) in [5, 5.41) is 15.2. The fourth-order valence-electron chi connectivity index (χ4n) is 1.16. The number of sulfonamides is 1. The average molecular weight is 278 g/mol. The maximum Gasteiger partial charge on any atom is 0.338 e. The van der Waals surface area contributed by atoms with Gasteiger partial charge in [0.15, 0.2) is 0 Å². The second-order valence-electron chi connectivity index (χ2n) is 3.10. The molecule has 0 radical (unpaired) electrons. The summed E-state index contributed by atoms with van der Waals surface area (Å²) in [5.41, 5.74) is -1.67. The van der Waals surface area contributed by atoms with E-state index in [1.165, 1.54) is 0 Å². The summed E-state index contributed by atoms with van der Waals surface area (Å²) < 4.78 is 39.9. The molecule has 1 rings (SSSR count). The molecule has 10 heteroatoms. The van der Waals surface area contributed by atoms with Gasteiger partial charge in [-0.15, -0.1) is 0 Å². The molecule has 0 bridgehead atoms. The summed E-state index contributed by atoms with van der Waals surface area (Å²) in [5.74, 6) is -2.68.